The third-order valence-electron chi connectivity index (χ3n) is 6.05. The number of rotatable bonds is 10. The summed E-state index contributed by atoms with van der Waals surface area (Å²) >= 11 is 0. The standard InChI is InChI=1S/C29H33NO6/c1-17(2)24-13-21(7-10-27(24)31)14-25-18(3)11-23(12-19(25)4)35-16-28(32)36-22-8-5-20(6-9-22)15-26(30)29(33)34/h5-13,17,26,31H,14-16,30H2,1-4H3,(H,33,34). The summed E-state index contributed by atoms with van der Waals surface area (Å²) in [6.45, 7) is 7.88. The summed E-state index contributed by atoms with van der Waals surface area (Å²) in [5, 5.41) is 19.0. The number of carbonyl (C=O) groups is 2. The maximum atomic E-state index is 12.3. The SMILES string of the molecule is Cc1cc(OCC(=O)Oc2ccc(CC(N)C(=O)O)cc2)cc(C)c1Cc1ccc(O)c(C(C)C)c1. The van der Waals surface area contributed by atoms with Crippen molar-refractivity contribution in [3.8, 4) is 17.2 Å². The zero-order valence-electron chi connectivity index (χ0n) is 21.1. The molecule has 7 heteroatoms. The van der Waals surface area contributed by atoms with Gasteiger partial charge in [-0.2, -0.15) is 0 Å². The summed E-state index contributed by atoms with van der Waals surface area (Å²) in [4.78, 5) is 23.1. The Morgan fingerprint density at radius 2 is 1.53 bits per heavy atom. The molecule has 0 aliphatic carbocycles. The van der Waals surface area contributed by atoms with Gasteiger partial charge >= 0.3 is 11.9 Å². The molecule has 190 valence electrons. The van der Waals surface area contributed by atoms with Crippen LogP contribution in [-0.2, 0) is 22.4 Å². The van der Waals surface area contributed by atoms with Crippen LogP contribution < -0.4 is 15.2 Å². The third kappa shape index (κ3) is 7.09. The van der Waals surface area contributed by atoms with Gasteiger partial charge in [-0.1, -0.05) is 38.1 Å². The van der Waals surface area contributed by atoms with E-state index in [0.29, 0.717) is 17.2 Å². The van der Waals surface area contributed by atoms with Crippen molar-refractivity contribution < 1.29 is 29.3 Å². The Kier molecular flexibility index (Phi) is 8.72. The van der Waals surface area contributed by atoms with Crippen LogP contribution in [0.1, 0.15) is 53.1 Å². The van der Waals surface area contributed by atoms with Gasteiger partial charge < -0.3 is 25.4 Å². The predicted molar refractivity (Wildman–Crippen MR) is 138 cm³/mol. The quantitative estimate of drug-likeness (QED) is 0.279. The highest BCUT2D eigenvalue weighted by Crippen LogP contribution is 2.29. The summed E-state index contributed by atoms with van der Waals surface area (Å²) in [5.74, 6) is -0.144. The Hall–Kier alpha value is -3.84. The van der Waals surface area contributed by atoms with E-state index in [1.807, 2.05) is 38.1 Å². The van der Waals surface area contributed by atoms with Gasteiger partial charge in [-0.3, -0.25) is 4.79 Å². The number of benzene rings is 3. The van der Waals surface area contributed by atoms with E-state index >= 15 is 0 Å². The van der Waals surface area contributed by atoms with E-state index < -0.39 is 18.0 Å². The van der Waals surface area contributed by atoms with Crippen molar-refractivity contribution in [3.63, 3.8) is 0 Å². The Labute approximate surface area is 211 Å². The lowest BCUT2D eigenvalue weighted by Crippen LogP contribution is -2.32. The number of aliphatic carboxylic acids is 1. The van der Waals surface area contributed by atoms with E-state index in [2.05, 4.69) is 13.8 Å². The van der Waals surface area contributed by atoms with Gasteiger partial charge in [0.2, 0.25) is 0 Å². The Balaban J connectivity index is 1.59. The fourth-order valence-corrected chi connectivity index (χ4v) is 4.03. The maximum absolute atomic E-state index is 12.3. The highest BCUT2D eigenvalue weighted by molar-refractivity contribution is 5.74. The number of ether oxygens (including phenoxy) is 2. The molecule has 1 atom stereocenters. The number of nitrogens with two attached hydrogens (primary N) is 1. The summed E-state index contributed by atoms with van der Waals surface area (Å²) in [5.41, 5.74) is 11.6. The minimum absolute atomic E-state index is 0.188. The van der Waals surface area contributed by atoms with Crippen LogP contribution >= 0.6 is 0 Å². The summed E-state index contributed by atoms with van der Waals surface area (Å²) < 4.78 is 11.0. The molecule has 0 aromatic heterocycles. The van der Waals surface area contributed by atoms with Gasteiger partial charge in [0.1, 0.15) is 23.3 Å². The molecule has 4 N–H and O–H groups in total. The topological polar surface area (TPSA) is 119 Å². The van der Waals surface area contributed by atoms with Gasteiger partial charge in [0.25, 0.3) is 0 Å². The van der Waals surface area contributed by atoms with E-state index in [0.717, 1.165) is 34.2 Å². The van der Waals surface area contributed by atoms with Gasteiger partial charge in [0.05, 0.1) is 0 Å². The Morgan fingerprint density at radius 1 is 0.917 bits per heavy atom. The van der Waals surface area contributed by atoms with Crippen LogP contribution in [0.4, 0.5) is 0 Å². The molecule has 0 amide bonds. The Morgan fingerprint density at radius 3 is 2.11 bits per heavy atom. The molecule has 3 aromatic carbocycles. The Bertz CT molecular complexity index is 1210. The number of carbonyl (C=O) groups excluding carboxylic acids is 1. The van der Waals surface area contributed by atoms with Crippen LogP contribution in [-0.4, -0.2) is 34.8 Å². The first kappa shape index (κ1) is 26.8. The largest absolute Gasteiger partial charge is 0.508 e. The molecule has 1 unspecified atom stereocenters. The van der Waals surface area contributed by atoms with Crippen molar-refractivity contribution in [1.29, 1.82) is 0 Å². The van der Waals surface area contributed by atoms with E-state index in [9.17, 15) is 14.7 Å². The highest BCUT2D eigenvalue weighted by Gasteiger charge is 2.14. The van der Waals surface area contributed by atoms with Gasteiger partial charge in [-0.15, -0.1) is 0 Å². The zero-order chi connectivity index (χ0) is 26.4. The van der Waals surface area contributed by atoms with Crippen molar-refractivity contribution in [2.75, 3.05) is 6.61 Å². The molecular formula is C29H33NO6. The molecule has 0 spiro atoms. The van der Waals surface area contributed by atoms with E-state index in [4.69, 9.17) is 20.3 Å². The highest BCUT2D eigenvalue weighted by atomic mass is 16.6. The number of esters is 1. The van der Waals surface area contributed by atoms with Crippen LogP contribution in [0.25, 0.3) is 0 Å². The normalized spacial score (nSPS) is 11.8. The molecule has 0 saturated carbocycles. The predicted octanol–water partition coefficient (Wildman–Crippen LogP) is 4.66. The van der Waals surface area contributed by atoms with Crippen LogP contribution in [0.3, 0.4) is 0 Å². The number of phenols is 1. The fraction of sp³-hybridized carbons (Fsp3) is 0.310. The number of hydrogen-bond acceptors (Lipinski definition) is 6. The summed E-state index contributed by atoms with van der Waals surface area (Å²) in [6.07, 6.45) is 0.917. The molecule has 0 radical (unpaired) electrons. The lowest BCUT2D eigenvalue weighted by molar-refractivity contribution is -0.138. The van der Waals surface area contributed by atoms with Crippen molar-refractivity contribution in [1.82, 2.24) is 0 Å². The molecular weight excluding hydrogens is 458 g/mol. The first-order chi connectivity index (χ1) is 17.0. The molecule has 3 rings (SSSR count). The second-order valence-corrected chi connectivity index (χ2v) is 9.32. The van der Waals surface area contributed by atoms with E-state index in [-0.39, 0.29) is 18.9 Å². The third-order valence-corrected chi connectivity index (χ3v) is 6.05. The number of carboxylic acid groups (broad SMARTS) is 1. The van der Waals surface area contributed by atoms with Crippen molar-refractivity contribution in [2.24, 2.45) is 5.73 Å². The average Bonchev–Trinajstić information content (AvgIpc) is 2.82. The van der Waals surface area contributed by atoms with Crippen LogP contribution in [0.2, 0.25) is 0 Å². The average molecular weight is 492 g/mol. The molecule has 3 aromatic rings. The van der Waals surface area contributed by atoms with Crippen molar-refractivity contribution in [3.05, 3.63) is 88.0 Å². The molecule has 0 heterocycles. The summed E-state index contributed by atoms with van der Waals surface area (Å²) in [6, 6.07) is 15.1. The molecule has 0 saturated heterocycles. The molecule has 36 heavy (non-hydrogen) atoms. The van der Waals surface area contributed by atoms with E-state index in [1.165, 1.54) is 5.56 Å². The van der Waals surface area contributed by atoms with Crippen molar-refractivity contribution in [2.45, 2.75) is 52.5 Å². The van der Waals surface area contributed by atoms with Crippen LogP contribution in [0, 0.1) is 13.8 Å². The van der Waals surface area contributed by atoms with Crippen LogP contribution in [0.5, 0.6) is 17.2 Å². The number of carboxylic acids is 1. The molecule has 0 aliphatic rings. The molecule has 0 bridgehead atoms. The minimum atomic E-state index is -1.07. The molecule has 0 fully saturated rings. The number of hydrogen-bond donors (Lipinski definition) is 3. The van der Waals surface area contributed by atoms with Gasteiger partial charge in [-0.25, -0.2) is 4.79 Å². The second kappa shape index (κ2) is 11.7. The van der Waals surface area contributed by atoms with Crippen LogP contribution in [0.15, 0.2) is 54.6 Å². The number of aryl methyl sites for hydroxylation is 2. The minimum Gasteiger partial charge on any atom is -0.508 e. The van der Waals surface area contributed by atoms with Gasteiger partial charge in [0, 0.05) is 0 Å². The van der Waals surface area contributed by atoms with Gasteiger partial charge in [-0.05, 0) is 96.3 Å². The molecule has 0 aliphatic heterocycles. The molecule has 7 nitrogen and oxygen atoms in total. The maximum Gasteiger partial charge on any atom is 0.349 e. The number of aromatic hydroxyl groups is 1. The number of phenolic OH excluding ortho intramolecular Hbond substituents is 1. The fourth-order valence-electron chi connectivity index (χ4n) is 4.03. The first-order valence-electron chi connectivity index (χ1n) is 11.9. The van der Waals surface area contributed by atoms with Gasteiger partial charge in [0.15, 0.2) is 6.61 Å². The van der Waals surface area contributed by atoms with E-state index in [1.54, 1.807) is 30.3 Å². The lowest BCUT2D eigenvalue weighted by Gasteiger charge is -2.15. The second-order valence-electron chi connectivity index (χ2n) is 9.32. The summed E-state index contributed by atoms with van der Waals surface area (Å²) in [7, 11) is 0. The van der Waals surface area contributed by atoms with Crippen molar-refractivity contribution >= 4 is 11.9 Å². The zero-order valence-corrected chi connectivity index (χ0v) is 21.1. The monoisotopic (exact) mass is 491 g/mol. The lowest BCUT2D eigenvalue weighted by atomic mass is 9.93. The first-order valence-corrected chi connectivity index (χ1v) is 11.9. The smallest absolute Gasteiger partial charge is 0.349 e.